The maximum atomic E-state index is 14.4. The van der Waals surface area contributed by atoms with Crippen molar-refractivity contribution < 1.29 is 41.9 Å². The molecule has 0 spiro atoms. The van der Waals surface area contributed by atoms with Gasteiger partial charge in [-0.15, -0.1) is 6.58 Å². The lowest BCUT2D eigenvalue weighted by Gasteiger charge is -2.35. The number of cyclic esters (lactones) is 1. The number of benzene rings is 2. The molecule has 5 atom stereocenters. The number of sulfonamides is 1. The van der Waals surface area contributed by atoms with Gasteiger partial charge in [-0.05, 0) is 66.2 Å². The molecule has 4 amide bonds. The molecule has 3 aliphatic carbocycles. The third-order valence-electron chi connectivity index (χ3n) is 10.3. The third-order valence-corrected chi connectivity index (χ3v) is 12.1. The first-order valence-electron chi connectivity index (χ1n) is 17.7. The Kier molecular flexibility index (Phi) is 9.33. The van der Waals surface area contributed by atoms with E-state index < -0.39 is 74.1 Å². The SMILES string of the molecule is C=C[C@@H]1CC1(NC(=O)C1CC2CN1C(=O)[C@H](C(C)(C)C)NC(=O)OC/C=C/COc1ccc3c(c1)/C(=N/O2)c1ccccc1-3)C(=O)NS(=O)(=O)C1CC1. The first-order valence-corrected chi connectivity index (χ1v) is 19.3. The zero-order valence-corrected chi connectivity index (χ0v) is 30.6. The van der Waals surface area contributed by atoms with Gasteiger partial charge in [0.15, 0.2) is 0 Å². The summed E-state index contributed by atoms with van der Waals surface area (Å²) in [4.78, 5) is 62.6. The van der Waals surface area contributed by atoms with Crippen molar-refractivity contribution >= 4 is 39.5 Å². The van der Waals surface area contributed by atoms with Crippen molar-refractivity contribution in [2.24, 2.45) is 16.5 Å². The van der Waals surface area contributed by atoms with E-state index in [0.717, 1.165) is 22.3 Å². The van der Waals surface area contributed by atoms with Crippen molar-refractivity contribution in [2.45, 2.75) is 75.4 Å². The third kappa shape index (κ3) is 7.13. The Hall–Kier alpha value is -5.18. The number of hydrogen-bond acceptors (Lipinski definition) is 10. The van der Waals surface area contributed by atoms with Crippen LogP contribution in [0.4, 0.5) is 4.79 Å². The van der Waals surface area contributed by atoms with Crippen LogP contribution >= 0.6 is 0 Å². The number of oxime groups is 1. The van der Waals surface area contributed by atoms with Crippen molar-refractivity contribution in [2.75, 3.05) is 19.8 Å². The van der Waals surface area contributed by atoms with E-state index in [9.17, 15) is 27.6 Å². The highest BCUT2D eigenvalue weighted by Crippen LogP contribution is 2.46. The zero-order chi connectivity index (χ0) is 37.7. The molecule has 5 aliphatic rings. The van der Waals surface area contributed by atoms with Crippen molar-refractivity contribution in [3.8, 4) is 16.9 Å². The molecule has 2 aromatic rings. The van der Waals surface area contributed by atoms with Crippen LogP contribution in [0.2, 0.25) is 0 Å². The van der Waals surface area contributed by atoms with Crippen molar-refractivity contribution in [1.29, 1.82) is 0 Å². The largest absolute Gasteiger partial charge is 0.490 e. The summed E-state index contributed by atoms with van der Waals surface area (Å²) in [5, 5.41) is 9.42. The van der Waals surface area contributed by atoms with Gasteiger partial charge < -0.3 is 29.8 Å². The fourth-order valence-electron chi connectivity index (χ4n) is 7.10. The lowest BCUT2D eigenvalue weighted by Crippen LogP contribution is -2.60. The quantitative estimate of drug-likeness (QED) is 0.320. The van der Waals surface area contributed by atoms with Crippen LogP contribution < -0.4 is 20.1 Å². The average molecular weight is 746 g/mol. The van der Waals surface area contributed by atoms with Gasteiger partial charge in [0.1, 0.15) is 48.4 Å². The minimum Gasteiger partial charge on any atom is -0.490 e. The summed E-state index contributed by atoms with van der Waals surface area (Å²) < 4.78 is 38.8. The topological polar surface area (TPSA) is 182 Å². The number of nitrogens with zero attached hydrogens (tertiary/aromatic N) is 2. The Labute approximate surface area is 308 Å². The van der Waals surface area contributed by atoms with Gasteiger partial charge in [-0.3, -0.25) is 19.1 Å². The molecule has 1 saturated heterocycles. The monoisotopic (exact) mass is 745 g/mol. The molecule has 15 heteroatoms. The molecule has 0 radical (unpaired) electrons. The molecule has 280 valence electrons. The van der Waals surface area contributed by atoms with Gasteiger partial charge in [-0.2, -0.15) is 0 Å². The molecular weight excluding hydrogens is 703 g/mol. The van der Waals surface area contributed by atoms with Gasteiger partial charge in [0.05, 0.1) is 11.8 Å². The van der Waals surface area contributed by atoms with Crippen LogP contribution in [-0.4, -0.2) is 91.6 Å². The van der Waals surface area contributed by atoms with E-state index in [1.807, 2.05) is 42.5 Å². The highest BCUT2D eigenvalue weighted by atomic mass is 32.2. The molecule has 3 fully saturated rings. The summed E-state index contributed by atoms with van der Waals surface area (Å²) in [6.45, 7) is 9.16. The smallest absolute Gasteiger partial charge is 0.408 e. The van der Waals surface area contributed by atoms with Crippen LogP contribution in [0, 0.1) is 11.3 Å². The summed E-state index contributed by atoms with van der Waals surface area (Å²) in [6.07, 6.45) is 4.29. The lowest BCUT2D eigenvalue weighted by atomic mass is 9.85. The van der Waals surface area contributed by atoms with Gasteiger partial charge in [0.25, 0.3) is 5.91 Å². The molecule has 7 rings (SSSR count). The Balaban J connectivity index is 1.22. The van der Waals surface area contributed by atoms with Gasteiger partial charge in [-0.1, -0.05) is 56.3 Å². The second-order valence-corrected chi connectivity index (χ2v) is 17.1. The fraction of sp³-hybridized carbons (Fsp3) is 0.447. The van der Waals surface area contributed by atoms with Gasteiger partial charge >= 0.3 is 6.09 Å². The molecule has 2 aromatic carbocycles. The van der Waals surface area contributed by atoms with Crippen molar-refractivity contribution in [3.63, 3.8) is 0 Å². The van der Waals surface area contributed by atoms with Crippen molar-refractivity contribution in [3.05, 3.63) is 78.4 Å². The number of nitrogens with one attached hydrogen (secondary N) is 3. The molecule has 2 aliphatic heterocycles. The van der Waals surface area contributed by atoms with Crippen LogP contribution in [0.5, 0.6) is 5.75 Å². The predicted molar refractivity (Wildman–Crippen MR) is 194 cm³/mol. The number of rotatable bonds is 6. The van der Waals surface area contributed by atoms with E-state index in [-0.39, 0.29) is 32.6 Å². The fourth-order valence-corrected chi connectivity index (χ4v) is 8.47. The highest BCUT2D eigenvalue weighted by molar-refractivity contribution is 7.91. The lowest BCUT2D eigenvalue weighted by molar-refractivity contribution is -0.143. The minimum absolute atomic E-state index is 0.00502. The maximum Gasteiger partial charge on any atom is 0.408 e. The molecule has 0 aromatic heterocycles. The van der Waals surface area contributed by atoms with Gasteiger partial charge in [0.2, 0.25) is 21.8 Å². The van der Waals surface area contributed by atoms with Gasteiger partial charge in [0, 0.05) is 23.5 Å². The summed E-state index contributed by atoms with van der Waals surface area (Å²) in [7, 11) is -3.90. The summed E-state index contributed by atoms with van der Waals surface area (Å²) in [5.74, 6) is -2.03. The molecule has 2 saturated carbocycles. The molecule has 2 heterocycles. The minimum atomic E-state index is -3.90. The highest BCUT2D eigenvalue weighted by Gasteiger charge is 2.62. The number of ether oxygens (including phenoxy) is 2. The molecule has 53 heavy (non-hydrogen) atoms. The van der Waals surface area contributed by atoms with Crippen LogP contribution in [0.1, 0.15) is 57.6 Å². The number of carbonyl (C=O) groups is 4. The number of alkyl carbamates (subject to hydrolysis) is 1. The summed E-state index contributed by atoms with van der Waals surface area (Å²) in [6, 6.07) is 11.2. The van der Waals surface area contributed by atoms with E-state index in [0.29, 0.717) is 24.3 Å². The standard InChI is InChI=1S/C38H43N5O9S/c1-5-22-20-38(22,35(46)42-53(48,49)25-13-14-25)40-33(44)30-19-24-21-43(30)34(45)32(37(2,3)4)39-36(47)51-17-9-8-16-50-23-12-15-27-26-10-6-7-11-28(26)31(41-52-24)29(27)18-23/h5-12,15,18,22,24-25,30,32H,1,13-14,16-17,19-21H2,2-4H3,(H,39,47)(H,40,44)(H,42,46)/b9-8+,41-31+/t22-,24?,30?,32-,38?/m1/s1. The number of amides is 4. The maximum absolute atomic E-state index is 14.4. The van der Waals surface area contributed by atoms with E-state index in [1.165, 1.54) is 11.0 Å². The van der Waals surface area contributed by atoms with E-state index >= 15 is 0 Å². The van der Waals surface area contributed by atoms with E-state index in [4.69, 9.17) is 14.3 Å². The Morgan fingerprint density at radius 2 is 1.72 bits per heavy atom. The van der Waals surface area contributed by atoms with E-state index in [2.05, 4.69) is 27.1 Å². The Morgan fingerprint density at radius 1 is 1.02 bits per heavy atom. The average Bonchev–Trinajstić information content (AvgIpc) is 4.03. The first kappa shape index (κ1) is 36.2. The Morgan fingerprint density at radius 3 is 2.40 bits per heavy atom. The van der Waals surface area contributed by atoms with Crippen LogP contribution in [0.15, 0.2) is 72.4 Å². The molecule has 3 N–H and O–H groups in total. The first-order chi connectivity index (χ1) is 25.2. The summed E-state index contributed by atoms with van der Waals surface area (Å²) in [5.41, 5.74) is 1.72. The molecule has 14 nitrogen and oxygen atoms in total. The zero-order valence-electron chi connectivity index (χ0n) is 29.8. The normalized spacial score (nSPS) is 28.5. The van der Waals surface area contributed by atoms with Crippen molar-refractivity contribution in [1.82, 2.24) is 20.3 Å². The number of carbonyl (C=O) groups excluding carboxylic acids is 4. The summed E-state index contributed by atoms with van der Waals surface area (Å²) >= 11 is 0. The predicted octanol–water partition coefficient (Wildman–Crippen LogP) is 3.16. The van der Waals surface area contributed by atoms with E-state index in [1.54, 1.807) is 32.9 Å². The molecule has 4 bridgehead atoms. The van der Waals surface area contributed by atoms with Gasteiger partial charge in [-0.25, -0.2) is 13.2 Å². The van der Waals surface area contributed by atoms with Crippen LogP contribution in [0.25, 0.3) is 11.1 Å². The molecule has 3 unspecified atom stereocenters. The second-order valence-electron chi connectivity index (χ2n) is 15.2. The van der Waals surface area contributed by atoms with Crippen LogP contribution in [0.3, 0.4) is 0 Å². The molecular formula is C38H43N5O9S. The number of fused-ring (bicyclic) bond motifs is 6. The second kappa shape index (κ2) is 13.7. The van der Waals surface area contributed by atoms with Crippen LogP contribution in [-0.2, 0) is 34.0 Å². The Bertz CT molecular complexity index is 2040. The number of hydrogen-bond donors (Lipinski definition) is 3.